The molecular weight excluding hydrogens is 433 g/mol. The lowest BCUT2D eigenvalue weighted by Gasteiger charge is -2.33. The van der Waals surface area contributed by atoms with Gasteiger partial charge in [-0.25, -0.2) is 0 Å². The SMILES string of the molecule is C=C/C=C(\C(=C/C)OI)c1ccc2c(c1CCl)C(C)=CC(C)(C)N2. The van der Waals surface area contributed by atoms with Gasteiger partial charge in [0.1, 0.15) is 5.76 Å². The van der Waals surface area contributed by atoms with Gasteiger partial charge in [-0.1, -0.05) is 30.9 Å². The third-order valence-electron chi connectivity index (χ3n) is 4.06. The average molecular weight is 456 g/mol. The molecule has 1 aromatic rings. The first-order valence-electron chi connectivity index (χ1n) is 7.86. The van der Waals surface area contributed by atoms with Gasteiger partial charge in [0, 0.05) is 22.7 Å². The van der Waals surface area contributed by atoms with Crippen molar-refractivity contribution >= 4 is 51.4 Å². The highest BCUT2D eigenvalue weighted by Gasteiger charge is 2.26. The van der Waals surface area contributed by atoms with Gasteiger partial charge in [0.25, 0.3) is 0 Å². The van der Waals surface area contributed by atoms with Gasteiger partial charge in [-0.3, -0.25) is 0 Å². The molecule has 24 heavy (non-hydrogen) atoms. The summed E-state index contributed by atoms with van der Waals surface area (Å²) in [6.45, 7) is 12.3. The molecule has 2 nitrogen and oxygen atoms in total. The standard InChI is InChI=1S/C20H23ClINO/c1-6-8-15(18(7-2)24-22)14-9-10-17-19(16(14)12-21)13(3)11-20(4,5)23-17/h6-11,23H,1,12H2,2-5H3/b15-8-,18-7+. The minimum Gasteiger partial charge on any atom is -0.427 e. The van der Waals surface area contributed by atoms with E-state index in [0.717, 1.165) is 28.1 Å². The van der Waals surface area contributed by atoms with Crippen LogP contribution in [0, 0.1) is 0 Å². The summed E-state index contributed by atoms with van der Waals surface area (Å²) in [5, 5.41) is 3.57. The minimum absolute atomic E-state index is 0.0677. The van der Waals surface area contributed by atoms with Crippen molar-refractivity contribution in [3.05, 3.63) is 65.5 Å². The van der Waals surface area contributed by atoms with Crippen LogP contribution in [-0.2, 0) is 8.95 Å². The van der Waals surface area contributed by atoms with Gasteiger partial charge >= 0.3 is 0 Å². The smallest absolute Gasteiger partial charge is 0.192 e. The highest BCUT2D eigenvalue weighted by Crippen LogP contribution is 2.41. The van der Waals surface area contributed by atoms with E-state index in [2.05, 4.69) is 50.9 Å². The number of allylic oxidation sites excluding steroid dienone is 5. The van der Waals surface area contributed by atoms with E-state index in [1.807, 2.05) is 42.1 Å². The predicted octanol–water partition coefficient (Wildman–Crippen LogP) is 6.87. The lowest BCUT2D eigenvalue weighted by molar-refractivity contribution is 0.592. The van der Waals surface area contributed by atoms with E-state index in [0.29, 0.717) is 5.88 Å². The van der Waals surface area contributed by atoms with E-state index >= 15 is 0 Å². The molecule has 0 atom stereocenters. The molecule has 0 spiro atoms. The summed E-state index contributed by atoms with van der Waals surface area (Å²) in [4.78, 5) is 0. The van der Waals surface area contributed by atoms with Crippen LogP contribution >= 0.6 is 34.6 Å². The Balaban J connectivity index is 2.73. The van der Waals surface area contributed by atoms with E-state index in [9.17, 15) is 0 Å². The second-order valence-corrected chi connectivity index (χ2v) is 7.08. The predicted molar refractivity (Wildman–Crippen MR) is 114 cm³/mol. The fourth-order valence-corrected chi connectivity index (χ4v) is 4.02. The molecular formula is C20H23ClINO. The van der Waals surface area contributed by atoms with Gasteiger partial charge in [0.15, 0.2) is 23.0 Å². The molecule has 0 amide bonds. The number of hydrogen-bond acceptors (Lipinski definition) is 2. The second kappa shape index (κ2) is 7.79. The van der Waals surface area contributed by atoms with Gasteiger partial charge < -0.3 is 8.38 Å². The molecule has 1 aliphatic rings. The Morgan fingerprint density at radius 2 is 2.12 bits per heavy atom. The van der Waals surface area contributed by atoms with E-state index < -0.39 is 0 Å². The summed E-state index contributed by atoms with van der Waals surface area (Å²) in [5.74, 6) is 1.23. The summed E-state index contributed by atoms with van der Waals surface area (Å²) in [6.07, 6.45) is 7.93. The number of alkyl halides is 1. The Bertz CT molecular complexity index is 744. The van der Waals surface area contributed by atoms with Gasteiger partial charge in [-0.2, -0.15) is 0 Å². The fourth-order valence-electron chi connectivity index (χ4n) is 3.25. The average Bonchev–Trinajstić information content (AvgIpc) is 2.53. The van der Waals surface area contributed by atoms with Crippen LogP contribution in [0.2, 0.25) is 0 Å². The van der Waals surface area contributed by atoms with Crippen molar-refractivity contribution in [2.45, 2.75) is 39.1 Å². The molecule has 0 saturated carbocycles. The quantitative estimate of drug-likeness (QED) is 0.226. The zero-order chi connectivity index (χ0) is 17.9. The van der Waals surface area contributed by atoms with Crippen molar-refractivity contribution in [2.24, 2.45) is 0 Å². The Hall–Kier alpha value is -1.20. The molecule has 4 heteroatoms. The zero-order valence-corrected chi connectivity index (χ0v) is 17.5. The number of anilines is 1. The van der Waals surface area contributed by atoms with Crippen LogP contribution in [0.15, 0.2) is 48.8 Å². The number of nitrogens with one attached hydrogen (secondary N) is 1. The Labute approximate surface area is 164 Å². The van der Waals surface area contributed by atoms with Crippen LogP contribution in [0.5, 0.6) is 0 Å². The second-order valence-electron chi connectivity index (χ2n) is 6.37. The summed E-state index contributed by atoms with van der Waals surface area (Å²) in [7, 11) is 0. The molecule has 0 saturated heterocycles. The molecule has 0 bridgehead atoms. The summed E-state index contributed by atoms with van der Waals surface area (Å²) >= 11 is 8.28. The van der Waals surface area contributed by atoms with E-state index in [4.69, 9.17) is 14.7 Å². The Morgan fingerprint density at radius 1 is 1.42 bits per heavy atom. The maximum Gasteiger partial charge on any atom is 0.192 e. The van der Waals surface area contributed by atoms with Crippen LogP contribution in [0.25, 0.3) is 11.1 Å². The first kappa shape index (κ1) is 19.1. The third kappa shape index (κ3) is 3.72. The number of halogens is 2. The summed E-state index contributed by atoms with van der Waals surface area (Å²) in [5.41, 5.74) is 6.63. The van der Waals surface area contributed by atoms with Crippen molar-refractivity contribution in [3.8, 4) is 0 Å². The number of rotatable bonds is 5. The molecule has 0 aromatic heterocycles. The first-order chi connectivity index (χ1) is 11.4. The van der Waals surface area contributed by atoms with Crippen molar-refractivity contribution in [2.75, 3.05) is 5.32 Å². The monoisotopic (exact) mass is 455 g/mol. The number of hydrogen-bond donors (Lipinski definition) is 1. The molecule has 2 rings (SSSR count). The molecule has 0 unspecified atom stereocenters. The highest BCUT2D eigenvalue weighted by atomic mass is 127. The molecule has 0 aliphatic carbocycles. The molecule has 128 valence electrons. The fraction of sp³-hybridized carbons (Fsp3) is 0.300. The highest BCUT2D eigenvalue weighted by molar-refractivity contribution is 14.1. The van der Waals surface area contributed by atoms with Gasteiger partial charge in [-0.05, 0) is 56.5 Å². The van der Waals surface area contributed by atoms with E-state index in [1.54, 1.807) is 6.08 Å². The van der Waals surface area contributed by atoms with E-state index in [1.165, 1.54) is 11.1 Å². The van der Waals surface area contributed by atoms with Crippen molar-refractivity contribution < 1.29 is 3.07 Å². The maximum atomic E-state index is 6.37. The molecule has 1 aliphatic heterocycles. The zero-order valence-electron chi connectivity index (χ0n) is 14.5. The molecule has 1 heterocycles. The topological polar surface area (TPSA) is 21.3 Å². The molecule has 0 radical (unpaired) electrons. The van der Waals surface area contributed by atoms with Crippen molar-refractivity contribution in [1.82, 2.24) is 0 Å². The van der Waals surface area contributed by atoms with Crippen molar-refractivity contribution in [1.29, 1.82) is 0 Å². The van der Waals surface area contributed by atoms with Gasteiger partial charge in [0.2, 0.25) is 0 Å². The first-order valence-corrected chi connectivity index (χ1v) is 9.28. The van der Waals surface area contributed by atoms with Crippen LogP contribution < -0.4 is 5.32 Å². The number of fused-ring (bicyclic) bond motifs is 1. The minimum atomic E-state index is -0.0677. The summed E-state index contributed by atoms with van der Waals surface area (Å²) in [6, 6.07) is 4.23. The summed E-state index contributed by atoms with van der Waals surface area (Å²) < 4.78 is 5.51. The molecule has 0 fully saturated rings. The van der Waals surface area contributed by atoms with Gasteiger partial charge in [-0.15, -0.1) is 11.6 Å². The lowest BCUT2D eigenvalue weighted by atomic mass is 9.85. The maximum absolute atomic E-state index is 6.37. The lowest BCUT2D eigenvalue weighted by Crippen LogP contribution is -2.32. The van der Waals surface area contributed by atoms with E-state index in [-0.39, 0.29) is 5.54 Å². The van der Waals surface area contributed by atoms with Crippen LogP contribution in [-0.4, -0.2) is 5.54 Å². The Morgan fingerprint density at radius 3 is 2.67 bits per heavy atom. The largest absolute Gasteiger partial charge is 0.427 e. The molecule has 1 aromatic carbocycles. The third-order valence-corrected chi connectivity index (χ3v) is 4.80. The van der Waals surface area contributed by atoms with Crippen LogP contribution in [0.1, 0.15) is 44.4 Å². The van der Waals surface area contributed by atoms with Crippen molar-refractivity contribution in [3.63, 3.8) is 0 Å². The molecule has 1 N–H and O–H groups in total. The normalized spacial score (nSPS) is 16.8. The van der Waals surface area contributed by atoms with Crippen LogP contribution in [0.3, 0.4) is 0 Å². The van der Waals surface area contributed by atoms with Gasteiger partial charge in [0.05, 0.1) is 5.54 Å². The van der Waals surface area contributed by atoms with Crippen LogP contribution in [0.4, 0.5) is 5.69 Å². The Kier molecular flexibility index (Phi) is 6.21. The number of benzene rings is 1.